The van der Waals surface area contributed by atoms with Gasteiger partial charge in [-0.15, -0.1) is 0 Å². The SMILES string of the molecule is CN(C)C1C(=O)C(C(N)=O)C(=O)[C@@]2(O)C(=O)C3C(=O)c4c(O)c(CNC(=O)C5CC5)cc(-c5ccc(C(C)(C)C)cc5)c4C[C@H]3C[C@@H]12. The van der Waals surface area contributed by atoms with Crippen molar-refractivity contribution < 1.29 is 39.0 Å². The van der Waals surface area contributed by atoms with Crippen LogP contribution in [0.4, 0.5) is 0 Å². The third kappa shape index (κ3) is 5.11. The highest BCUT2D eigenvalue weighted by Gasteiger charge is 2.69. The summed E-state index contributed by atoms with van der Waals surface area (Å²) in [6, 6.07) is 8.45. The molecule has 0 aromatic heterocycles. The number of phenolic OH excluding ortho intramolecular Hbond substituents is 1. The number of amides is 2. The number of hydrogen-bond acceptors (Lipinski definition) is 9. The van der Waals surface area contributed by atoms with Crippen molar-refractivity contribution in [2.24, 2.45) is 35.3 Å². The molecule has 6 rings (SSSR count). The number of aliphatic hydroxyl groups is 1. The van der Waals surface area contributed by atoms with Gasteiger partial charge in [0.25, 0.3) is 0 Å². The predicted octanol–water partition coefficient (Wildman–Crippen LogP) is 1.86. The van der Waals surface area contributed by atoms with E-state index in [0.717, 1.165) is 24.0 Å². The van der Waals surface area contributed by atoms with Crippen LogP contribution < -0.4 is 11.1 Å². The van der Waals surface area contributed by atoms with E-state index in [9.17, 15) is 39.0 Å². The van der Waals surface area contributed by atoms with E-state index < -0.39 is 64.4 Å². The van der Waals surface area contributed by atoms with Crippen molar-refractivity contribution in [2.75, 3.05) is 14.1 Å². The number of phenols is 1. The van der Waals surface area contributed by atoms with Gasteiger partial charge in [-0.25, -0.2) is 0 Å². The summed E-state index contributed by atoms with van der Waals surface area (Å²) in [6.07, 6.45) is 1.68. The number of nitrogens with two attached hydrogens (primary N) is 1. The number of ketones is 4. The molecule has 5 N–H and O–H groups in total. The van der Waals surface area contributed by atoms with Gasteiger partial charge >= 0.3 is 0 Å². The third-order valence-corrected chi connectivity index (χ3v) is 10.6. The molecule has 2 amide bonds. The van der Waals surface area contributed by atoms with Crippen molar-refractivity contribution >= 4 is 34.9 Å². The van der Waals surface area contributed by atoms with E-state index in [1.807, 2.05) is 24.3 Å². The van der Waals surface area contributed by atoms with Gasteiger partial charge < -0.3 is 21.3 Å². The first-order valence-corrected chi connectivity index (χ1v) is 16.1. The van der Waals surface area contributed by atoms with Crippen LogP contribution in [0.25, 0.3) is 11.1 Å². The first kappa shape index (κ1) is 32.7. The fourth-order valence-corrected chi connectivity index (χ4v) is 7.94. The van der Waals surface area contributed by atoms with Crippen molar-refractivity contribution in [3.8, 4) is 16.9 Å². The molecule has 11 nitrogen and oxygen atoms in total. The van der Waals surface area contributed by atoms with Gasteiger partial charge in [-0.1, -0.05) is 45.0 Å². The minimum absolute atomic E-state index is 0.0355. The highest BCUT2D eigenvalue weighted by molar-refractivity contribution is 6.32. The van der Waals surface area contributed by atoms with Crippen LogP contribution in [0.5, 0.6) is 5.75 Å². The number of nitrogens with zero attached hydrogens (tertiary/aromatic N) is 1. The third-order valence-electron chi connectivity index (χ3n) is 10.6. The molecule has 4 aliphatic rings. The topological polar surface area (TPSA) is 184 Å². The number of aromatic hydroxyl groups is 1. The zero-order valence-corrected chi connectivity index (χ0v) is 27.3. The lowest BCUT2D eigenvalue weighted by Crippen LogP contribution is -2.74. The van der Waals surface area contributed by atoms with Crippen LogP contribution in [0.1, 0.15) is 67.1 Å². The molecule has 0 spiro atoms. The molecule has 3 fully saturated rings. The Hall–Kier alpha value is -4.22. The minimum atomic E-state index is -2.80. The standard InChI is InChI=1S/C36H41N3O8/c1-35(2,3)20-10-8-16(9-11-20)21-13-19(15-38-34(46)17-6-7-17)28(40)25-22(21)12-18-14-23-27(39(4)5)30(42)26(33(37)45)32(44)36(23,47)31(43)24(18)29(25)41/h8-11,13,17-18,23-24,26-27,40,47H,6-7,12,14-15H2,1-5H3,(H2,37,45)(H,38,46)/t18-,23-,24?,26?,27?,36-/m0/s1. The number of carbonyl (C=O) groups excluding carboxylic acids is 6. The summed E-state index contributed by atoms with van der Waals surface area (Å²) in [7, 11) is 3.10. The first-order valence-electron chi connectivity index (χ1n) is 16.1. The second-order valence-corrected chi connectivity index (χ2v) is 14.9. The Morgan fingerprint density at radius 1 is 1.04 bits per heavy atom. The molecule has 47 heavy (non-hydrogen) atoms. The van der Waals surface area contributed by atoms with Crippen LogP contribution in [0.15, 0.2) is 30.3 Å². The average Bonchev–Trinajstić information content (AvgIpc) is 3.84. The van der Waals surface area contributed by atoms with Crippen molar-refractivity contribution in [2.45, 2.75) is 70.1 Å². The van der Waals surface area contributed by atoms with E-state index in [-0.39, 0.29) is 47.9 Å². The summed E-state index contributed by atoms with van der Waals surface area (Å²) in [4.78, 5) is 81.9. The smallest absolute Gasteiger partial charge is 0.235 e. The Balaban J connectivity index is 1.48. The number of rotatable bonds is 6. The zero-order valence-electron chi connectivity index (χ0n) is 27.3. The maximum atomic E-state index is 14.4. The molecule has 0 bridgehead atoms. The van der Waals surface area contributed by atoms with Gasteiger partial charge in [0, 0.05) is 23.9 Å². The second kappa shape index (κ2) is 11.2. The quantitative estimate of drug-likeness (QED) is 0.341. The maximum absolute atomic E-state index is 14.4. The molecule has 11 heteroatoms. The molecular weight excluding hydrogens is 602 g/mol. The van der Waals surface area contributed by atoms with E-state index in [1.165, 1.54) is 4.90 Å². The van der Waals surface area contributed by atoms with E-state index in [2.05, 4.69) is 26.1 Å². The van der Waals surface area contributed by atoms with Gasteiger partial charge in [0.2, 0.25) is 11.8 Å². The van der Waals surface area contributed by atoms with Gasteiger partial charge in [0.15, 0.2) is 34.7 Å². The van der Waals surface area contributed by atoms with Crippen molar-refractivity contribution in [3.05, 3.63) is 52.6 Å². The number of nitrogens with one attached hydrogen (secondary N) is 1. The highest BCUT2D eigenvalue weighted by atomic mass is 16.3. The van der Waals surface area contributed by atoms with Crippen LogP contribution >= 0.6 is 0 Å². The molecule has 4 aliphatic carbocycles. The average molecular weight is 644 g/mol. The lowest BCUT2D eigenvalue weighted by atomic mass is 9.52. The molecule has 6 atom stereocenters. The van der Waals surface area contributed by atoms with Gasteiger partial charge in [-0.2, -0.15) is 0 Å². The van der Waals surface area contributed by atoms with Gasteiger partial charge in [-0.3, -0.25) is 33.7 Å². The Labute approximate surface area is 272 Å². The van der Waals surface area contributed by atoms with Crippen molar-refractivity contribution in [3.63, 3.8) is 0 Å². The van der Waals surface area contributed by atoms with Gasteiger partial charge in [-0.05, 0) is 79.4 Å². The van der Waals surface area contributed by atoms with E-state index in [4.69, 9.17) is 5.73 Å². The molecule has 0 aliphatic heterocycles. The number of Topliss-reactive ketones (excluding diaryl/α,β-unsaturated/α-hetero) is 4. The molecule has 248 valence electrons. The molecule has 3 saturated carbocycles. The van der Waals surface area contributed by atoms with E-state index in [0.29, 0.717) is 16.7 Å². The Morgan fingerprint density at radius 2 is 1.68 bits per heavy atom. The number of primary amides is 1. The molecule has 0 heterocycles. The summed E-state index contributed by atoms with van der Waals surface area (Å²) in [5.41, 5.74) is 5.74. The Morgan fingerprint density at radius 3 is 2.23 bits per heavy atom. The van der Waals surface area contributed by atoms with Crippen molar-refractivity contribution in [1.29, 1.82) is 0 Å². The van der Waals surface area contributed by atoms with Crippen LogP contribution in [0.3, 0.4) is 0 Å². The summed E-state index contributed by atoms with van der Waals surface area (Å²) in [6.45, 7) is 6.24. The number of carbonyl (C=O) groups is 6. The Bertz CT molecular complexity index is 1740. The summed E-state index contributed by atoms with van der Waals surface area (Å²) < 4.78 is 0. The van der Waals surface area contributed by atoms with Crippen LogP contribution in [0, 0.1) is 29.6 Å². The first-order chi connectivity index (χ1) is 22.0. The van der Waals surface area contributed by atoms with Gasteiger partial charge in [0.1, 0.15) is 5.75 Å². The lowest BCUT2D eigenvalue weighted by molar-refractivity contribution is -0.181. The monoisotopic (exact) mass is 643 g/mol. The number of likely N-dealkylation sites (N-methyl/N-ethyl adjacent to an activating group) is 1. The number of benzene rings is 2. The molecule has 3 unspecified atom stereocenters. The Kier molecular flexibility index (Phi) is 7.79. The van der Waals surface area contributed by atoms with Crippen LogP contribution in [-0.4, -0.2) is 75.8 Å². The van der Waals surface area contributed by atoms with E-state index >= 15 is 0 Å². The van der Waals surface area contributed by atoms with E-state index in [1.54, 1.807) is 20.2 Å². The highest BCUT2D eigenvalue weighted by Crippen LogP contribution is 2.52. The van der Waals surface area contributed by atoms with Gasteiger partial charge in [0.05, 0.1) is 17.5 Å². The number of hydrogen-bond donors (Lipinski definition) is 4. The molecular formula is C36H41N3O8. The molecule has 0 radical (unpaired) electrons. The predicted molar refractivity (Wildman–Crippen MR) is 170 cm³/mol. The summed E-state index contributed by atoms with van der Waals surface area (Å²) in [5, 5.41) is 26.3. The van der Waals surface area contributed by atoms with Crippen LogP contribution in [-0.2, 0) is 42.4 Å². The zero-order chi connectivity index (χ0) is 34.3. The van der Waals surface area contributed by atoms with Crippen molar-refractivity contribution in [1.82, 2.24) is 10.2 Å². The largest absolute Gasteiger partial charge is 0.507 e. The summed E-state index contributed by atoms with van der Waals surface area (Å²) >= 11 is 0. The second-order valence-electron chi connectivity index (χ2n) is 14.9. The van der Waals surface area contributed by atoms with Crippen LogP contribution in [0.2, 0.25) is 0 Å². The minimum Gasteiger partial charge on any atom is -0.507 e. The maximum Gasteiger partial charge on any atom is 0.235 e. The lowest BCUT2D eigenvalue weighted by Gasteiger charge is -2.52. The molecule has 2 aromatic carbocycles. The fraction of sp³-hybridized carbons (Fsp3) is 0.500. The molecule has 0 saturated heterocycles. The fourth-order valence-electron chi connectivity index (χ4n) is 7.94. The normalized spacial score (nSPS) is 28.9. The number of fused-ring (bicyclic) bond motifs is 3. The summed E-state index contributed by atoms with van der Waals surface area (Å²) in [5.74, 6) is -11.3. The molecule has 2 aromatic rings.